The minimum Gasteiger partial charge on any atom is -0.343 e. The Bertz CT molecular complexity index is 859. The first-order valence-electron chi connectivity index (χ1n) is 7.82. The van der Waals surface area contributed by atoms with Crippen LogP contribution in [-0.4, -0.2) is 37.4 Å². The predicted octanol–water partition coefficient (Wildman–Crippen LogP) is 0.988. The van der Waals surface area contributed by atoms with Gasteiger partial charge in [-0.1, -0.05) is 18.2 Å². The number of carbonyl (C=O) groups excluding carboxylic acids is 1. The van der Waals surface area contributed by atoms with Gasteiger partial charge in [0.05, 0.1) is 6.54 Å². The van der Waals surface area contributed by atoms with E-state index in [1.807, 2.05) is 34.9 Å². The number of amides is 1. The lowest BCUT2D eigenvalue weighted by Gasteiger charge is -2.13. The molecule has 0 unspecified atom stereocenters. The molecule has 2 aromatic heterocycles. The third-order valence-electron chi connectivity index (χ3n) is 4.08. The third-order valence-corrected chi connectivity index (χ3v) is 4.08. The van der Waals surface area contributed by atoms with Gasteiger partial charge in [-0.3, -0.25) is 14.5 Å². The fourth-order valence-corrected chi connectivity index (χ4v) is 2.84. The third kappa shape index (κ3) is 3.40. The number of rotatable bonds is 4. The van der Waals surface area contributed by atoms with Gasteiger partial charge in [-0.2, -0.15) is 5.10 Å². The fourth-order valence-electron chi connectivity index (χ4n) is 2.84. The van der Waals surface area contributed by atoms with Crippen molar-refractivity contribution >= 4 is 18.3 Å². The number of H-pyrrole nitrogens is 1. The first-order valence-corrected chi connectivity index (χ1v) is 7.82. The highest BCUT2D eigenvalue weighted by molar-refractivity contribution is 5.93. The standard InChI is InChI=1S/C16H17N7O.ClH/c24-16(15-12-8-17-7-6-13(12)20-22-15)18-9-14-21-19-10-23(14)11-4-2-1-3-5-11;/h1-5,10,17H,6-9H2,(H,18,24)(H,20,22);1H. The number of fused-ring (bicyclic) bond motifs is 1. The maximum absolute atomic E-state index is 12.4. The van der Waals surface area contributed by atoms with Crippen molar-refractivity contribution in [3.63, 3.8) is 0 Å². The number of hydrogen-bond acceptors (Lipinski definition) is 5. The van der Waals surface area contributed by atoms with E-state index in [1.165, 1.54) is 0 Å². The number of aromatic nitrogens is 5. The Balaban J connectivity index is 0.00000182. The summed E-state index contributed by atoms with van der Waals surface area (Å²) in [5, 5.41) is 21.3. The van der Waals surface area contributed by atoms with Gasteiger partial charge in [-0.25, -0.2) is 0 Å². The topological polar surface area (TPSA) is 101 Å². The minimum absolute atomic E-state index is 0. The molecule has 0 atom stereocenters. The van der Waals surface area contributed by atoms with Gasteiger partial charge in [-0.05, 0) is 12.1 Å². The first kappa shape index (κ1) is 17.1. The molecule has 3 N–H and O–H groups in total. The van der Waals surface area contributed by atoms with Crippen molar-refractivity contribution in [2.45, 2.75) is 19.5 Å². The summed E-state index contributed by atoms with van der Waals surface area (Å²) in [7, 11) is 0. The molecule has 1 amide bonds. The van der Waals surface area contributed by atoms with Gasteiger partial charge in [0.25, 0.3) is 5.91 Å². The summed E-state index contributed by atoms with van der Waals surface area (Å²) in [6.45, 7) is 1.84. The van der Waals surface area contributed by atoms with Crippen LogP contribution in [0, 0.1) is 0 Å². The van der Waals surface area contributed by atoms with Gasteiger partial charge in [-0.15, -0.1) is 22.6 Å². The van der Waals surface area contributed by atoms with E-state index in [4.69, 9.17) is 0 Å². The molecule has 0 saturated carbocycles. The smallest absolute Gasteiger partial charge is 0.272 e. The molecule has 0 spiro atoms. The highest BCUT2D eigenvalue weighted by Crippen LogP contribution is 2.15. The predicted molar refractivity (Wildman–Crippen MR) is 93.8 cm³/mol. The molecule has 1 aromatic carbocycles. The van der Waals surface area contributed by atoms with Crippen LogP contribution in [0.2, 0.25) is 0 Å². The summed E-state index contributed by atoms with van der Waals surface area (Å²) >= 11 is 0. The quantitative estimate of drug-likeness (QED) is 0.645. The molecule has 1 aliphatic rings. The van der Waals surface area contributed by atoms with E-state index in [9.17, 15) is 4.79 Å². The van der Waals surface area contributed by atoms with Crippen molar-refractivity contribution in [2.24, 2.45) is 0 Å². The molecule has 0 radical (unpaired) electrons. The van der Waals surface area contributed by atoms with Crippen LogP contribution in [0.25, 0.3) is 5.69 Å². The van der Waals surface area contributed by atoms with E-state index < -0.39 is 0 Å². The normalized spacial score (nSPS) is 13.0. The molecule has 1 aliphatic heterocycles. The van der Waals surface area contributed by atoms with Crippen LogP contribution in [0.5, 0.6) is 0 Å². The Kier molecular flexibility index (Phi) is 5.11. The van der Waals surface area contributed by atoms with E-state index in [-0.39, 0.29) is 24.9 Å². The number of para-hydroxylation sites is 1. The second kappa shape index (κ2) is 7.45. The minimum atomic E-state index is -0.209. The first-order chi connectivity index (χ1) is 11.8. The Labute approximate surface area is 150 Å². The molecule has 130 valence electrons. The molecule has 8 nitrogen and oxygen atoms in total. The van der Waals surface area contributed by atoms with Gasteiger partial charge in [0, 0.05) is 36.5 Å². The van der Waals surface area contributed by atoms with Gasteiger partial charge < -0.3 is 10.6 Å². The van der Waals surface area contributed by atoms with Crippen LogP contribution in [-0.2, 0) is 19.5 Å². The van der Waals surface area contributed by atoms with Crippen molar-refractivity contribution in [3.05, 3.63) is 59.4 Å². The molecule has 3 heterocycles. The van der Waals surface area contributed by atoms with Crippen LogP contribution in [0.1, 0.15) is 27.6 Å². The highest BCUT2D eigenvalue weighted by atomic mass is 35.5. The lowest BCUT2D eigenvalue weighted by Crippen LogP contribution is -2.29. The van der Waals surface area contributed by atoms with Gasteiger partial charge in [0.15, 0.2) is 11.5 Å². The summed E-state index contributed by atoms with van der Waals surface area (Å²) in [5.74, 6) is 0.455. The van der Waals surface area contributed by atoms with Crippen LogP contribution >= 0.6 is 12.4 Å². The molecule has 0 fully saturated rings. The monoisotopic (exact) mass is 359 g/mol. The van der Waals surface area contributed by atoms with Gasteiger partial charge in [0.2, 0.25) is 0 Å². The van der Waals surface area contributed by atoms with Crippen molar-refractivity contribution < 1.29 is 4.79 Å². The van der Waals surface area contributed by atoms with E-state index in [0.29, 0.717) is 18.1 Å². The molecule has 3 aromatic rings. The molecule has 0 aliphatic carbocycles. The largest absolute Gasteiger partial charge is 0.343 e. The van der Waals surface area contributed by atoms with Gasteiger partial charge >= 0.3 is 0 Å². The highest BCUT2D eigenvalue weighted by Gasteiger charge is 2.21. The number of hydrogen-bond donors (Lipinski definition) is 3. The summed E-state index contributed by atoms with van der Waals surface area (Å²) in [5.41, 5.74) is 3.38. The molecule has 9 heteroatoms. The van der Waals surface area contributed by atoms with Crippen molar-refractivity contribution in [2.75, 3.05) is 6.54 Å². The number of aromatic amines is 1. The summed E-state index contributed by atoms with van der Waals surface area (Å²) < 4.78 is 1.85. The Morgan fingerprint density at radius 1 is 1.28 bits per heavy atom. The number of benzene rings is 1. The molecule has 25 heavy (non-hydrogen) atoms. The average molecular weight is 360 g/mol. The number of nitrogens with zero attached hydrogens (tertiary/aromatic N) is 4. The van der Waals surface area contributed by atoms with E-state index in [2.05, 4.69) is 31.0 Å². The van der Waals surface area contributed by atoms with Crippen molar-refractivity contribution in [1.29, 1.82) is 0 Å². The van der Waals surface area contributed by atoms with Crippen molar-refractivity contribution in [1.82, 2.24) is 35.6 Å². The van der Waals surface area contributed by atoms with Crippen LogP contribution in [0.3, 0.4) is 0 Å². The van der Waals surface area contributed by atoms with E-state index in [1.54, 1.807) is 6.33 Å². The van der Waals surface area contributed by atoms with Crippen molar-refractivity contribution in [3.8, 4) is 5.69 Å². The number of carbonyl (C=O) groups is 1. The summed E-state index contributed by atoms with van der Waals surface area (Å²) in [6, 6.07) is 9.76. The van der Waals surface area contributed by atoms with Crippen LogP contribution in [0.4, 0.5) is 0 Å². The van der Waals surface area contributed by atoms with E-state index in [0.717, 1.165) is 29.9 Å². The molecular weight excluding hydrogens is 342 g/mol. The second-order valence-electron chi connectivity index (χ2n) is 5.59. The van der Waals surface area contributed by atoms with Crippen LogP contribution in [0.15, 0.2) is 36.7 Å². The Hall–Kier alpha value is -2.71. The molecule has 0 bridgehead atoms. The summed E-state index contributed by atoms with van der Waals surface area (Å²) in [6.07, 6.45) is 2.50. The SMILES string of the molecule is Cl.O=C(NCc1nncn1-c1ccccc1)c1n[nH]c2c1CNCC2. The summed E-state index contributed by atoms with van der Waals surface area (Å²) in [4.78, 5) is 12.4. The van der Waals surface area contributed by atoms with E-state index >= 15 is 0 Å². The zero-order valence-corrected chi connectivity index (χ0v) is 14.2. The Morgan fingerprint density at radius 2 is 2.12 bits per heavy atom. The maximum atomic E-state index is 12.4. The Morgan fingerprint density at radius 3 is 2.96 bits per heavy atom. The maximum Gasteiger partial charge on any atom is 0.272 e. The second-order valence-corrected chi connectivity index (χ2v) is 5.59. The van der Waals surface area contributed by atoms with Gasteiger partial charge in [0.1, 0.15) is 6.33 Å². The molecule has 0 saturated heterocycles. The lowest BCUT2D eigenvalue weighted by atomic mass is 10.1. The number of nitrogens with one attached hydrogen (secondary N) is 3. The fraction of sp³-hybridized carbons (Fsp3) is 0.250. The molecule has 4 rings (SSSR count). The van der Waals surface area contributed by atoms with Crippen LogP contribution < -0.4 is 10.6 Å². The number of halogens is 1. The zero-order valence-electron chi connectivity index (χ0n) is 13.4. The molecular formula is C16H18ClN7O. The average Bonchev–Trinajstić information content (AvgIpc) is 3.27. The zero-order chi connectivity index (χ0) is 16.4. The lowest BCUT2D eigenvalue weighted by molar-refractivity contribution is 0.0943.